The van der Waals surface area contributed by atoms with Gasteiger partial charge in [0.15, 0.2) is 11.5 Å². The Morgan fingerprint density at radius 2 is 1.37 bits per heavy atom. The Morgan fingerprint density at radius 1 is 0.829 bits per heavy atom. The highest BCUT2D eigenvalue weighted by Gasteiger charge is 2.34. The maximum Gasteiger partial charge on any atom is 0.514 e. The van der Waals surface area contributed by atoms with E-state index in [9.17, 15) is 24.3 Å². The van der Waals surface area contributed by atoms with E-state index >= 15 is 0 Å². The van der Waals surface area contributed by atoms with Gasteiger partial charge in [-0.1, -0.05) is 38.1 Å². The number of hydrogen-bond donors (Lipinski definition) is 2. The van der Waals surface area contributed by atoms with Crippen molar-refractivity contribution in [1.82, 2.24) is 0 Å². The highest BCUT2D eigenvalue weighted by Crippen LogP contribution is 2.37. The smallest absolute Gasteiger partial charge is 0.480 e. The summed E-state index contributed by atoms with van der Waals surface area (Å²) in [5, 5.41) is 9.73. The third kappa shape index (κ3) is 9.31. The lowest BCUT2D eigenvalue weighted by Gasteiger charge is -2.26. The fourth-order valence-electron chi connectivity index (χ4n) is 3.53. The maximum atomic E-state index is 13.0. The summed E-state index contributed by atoms with van der Waals surface area (Å²) in [4.78, 5) is 50.0. The number of carbonyl (C=O) groups is 4. The zero-order valence-electron chi connectivity index (χ0n) is 24.8. The first-order valence-corrected chi connectivity index (χ1v) is 13.6. The van der Waals surface area contributed by atoms with E-state index in [2.05, 4.69) is 0 Å². The van der Waals surface area contributed by atoms with E-state index in [0.29, 0.717) is 24.2 Å². The average molecular weight is 572 g/mol. The minimum Gasteiger partial charge on any atom is -0.480 e. The van der Waals surface area contributed by atoms with Gasteiger partial charge in [0.1, 0.15) is 17.9 Å². The molecule has 0 saturated heterocycles. The van der Waals surface area contributed by atoms with Crippen LogP contribution in [0.1, 0.15) is 79.2 Å². The van der Waals surface area contributed by atoms with Crippen LogP contribution in [0.2, 0.25) is 0 Å². The number of aliphatic carboxylic acids is 1. The monoisotopic (exact) mass is 571 g/mol. The second-order valence-electron chi connectivity index (χ2n) is 11.3. The molecule has 2 aromatic carbocycles. The molecule has 0 aliphatic rings. The Bertz CT molecular complexity index is 1220. The van der Waals surface area contributed by atoms with Gasteiger partial charge in [-0.25, -0.2) is 4.79 Å². The van der Waals surface area contributed by atoms with Gasteiger partial charge in [0.05, 0.1) is 10.8 Å². The summed E-state index contributed by atoms with van der Waals surface area (Å²) in [5.41, 5.74) is 4.83. The van der Waals surface area contributed by atoms with Crippen LogP contribution in [0.25, 0.3) is 0 Å². The van der Waals surface area contributed by atoms with Gasteiger partial charge in [-0.2, -0.15) is 0 Å². The van der Waals surface area contributed by atoms with Gasteiger partial charge >= 0.3 is 24.1 Å². The molecule has 3 N–H and O–H groups in total. The Labute approximate surface area is 241 Å². The first kappa shape index (κ1) is 33.3. The molecule has 0 aliphatic heterocycles. The summed E-state index contributed by atoms with van der Waals surface area (Å²) in [5.74, 6) is -2.96. The Morgan fingerprint density at radius 3 is 1.88 bits per heavy atom. The van der Waals surface area contributed by atoms with Gasteiger partial charge in [0, 0.05) is 5.92 Å². The van der Waals surface area contributed by atoms with Crippen LogP contribution in [0.5, 0.6) is 17.2 Å². The van der Waals surface area contributed by atoms with E-state index in [1.165, 1.54) is 12.1 Å². The highest BCUT2D eigenvalue weighted by molar-refractivity contribution is 5.82. The van der Waals surface area contributed by atoms with Crippen molar-refractivity contribution in [3.8, 4) is 17.2 Å². The average Bonchev–Trinajstić information content (AvgIpc) is 2.92. The molecule has 0 aliphatic carbocycles. The number of para-hydroxylation sites is 1. The highest BCUT2D eigenvalue weighted by atomic mass is 16.7. The molecule has 2 rings (SSSR count). The predicted octanol–water partition coefficient (Wildman–Crippen LogP) is 5.86. The first-order valence-electron chi connectivity index (χ1n) is 13.6. The predicted molar refractivity (Wildman–Crippen MR) is 152 cm³/mol. The van der Waals surface area contributed by atoms with E-state index in [1.54, 1.807) is 71.0 Å². The van der Waals surface area contributed by atoms with Crippen LogP contribution in [0.3, 0.4) is 0 Å². The van der Waals surface area contributed by atoms with Gasteiger partial charge < -0.3 is 29.8 Å². The zero-order chi connectivity index (χ0) is 31.0. The van der Waals surface area contributed by atoms with Gasteiger partial charge in [-0.3, -0.25) is 14.4 Å². The molecule has 0 spiro atoms. The van der Waals surface area contributed by atoms with Crippen LogP contribution >= 0.6 is 0 Å². The summed E-state index contributed by atoms with van der Waals surface area (Å²) >= 11 is 0. The molecular formula is C31H41NO9. The summed E-state index contributed by atoms with van der Waals surface area (Å²) in [6.45, 7) is 12.2. The molecule has 0 heterocycles. The minimum absolute atomic E-state index is 0.00714. The Kier molecular flexibility index (Phi) is 11.5. The van der Waals surface area contributed by atoms with Gasteiger partial charge in [0.2, 0.25) is 0 Å². The van der Waals surface area contributed by atoms with E-state index in [0.717, 1.165) is 0 Å². The van der Waals surface area contributed by atoms with E-state index in [1.807, 2.05) is 13.8 Å². The minimum atomic E-state index is -1.39. The van der Waals surface area contributed by atoms with Gasteiger partial charge in [-0.05, 0) is 83.7 Å². The molecule has 3 atom stereocenters. The zero-order valence-corrected chi connectivity index (χ0v) is 24.8. The lowest BCUT2D eigenvalue weighted by atomic mass is 9.86. The summed E-state index contributed by atoms with van der Waals surface area (Å²) in [6.07, 6.45) is -0.739. The molecule has 0 fully saturated rings. The van der Waals surface area contributed by atoms with Crippen molar-refractivity contribution in [1.29, 1.82) is 0 Å². The van der Waals surface area contributed by atoms with Crippen molar-refractivity contribution in [3.63, 3.8) is 0 Å². The van der Waals surface area contributed by atoms with Crippen LogP contribution in [0, 0.1) is 10.8 Å². The molecule has 0 radical (unpaired) electrons. The van der Waals surface area contributed by atoms with Crippen LogP contribution in [0.15, 0.2) is 48.5 Å². The maximum absolute atomic E-state index is 13.0. The number of ether oxygens (including phenoxy) is 4. The van der Waals surface area contributed by atoms with E-state index in [4.69, 9.17) is 24.7 Å². The van der Waals surface area contributed by atoms with Crippen molar-refractivity contribution < 1.29 is 43.2 Å². The van der Waals surface area contributed by atoms with Crippen molar-refractivity contribution in [3.05, 3.63) is 54.1 Å². The molecule has 0 aromatic heterocycles. The van der Waals surface area contributed by atoms with Crippen molar-refractivity contribution in [2.24, 2.45) is 16.6 Å². The van der Waals surface area contributed by atoms with Crippen molar-refractivity contribution in [2.75, 3.05) is 0 Å². The molecule has 0 amide bonds. The van der Waals surface area contributed by atoms with Crippen LogP contribution in [-0.2, 0) is 19.1 Å². The van der Waals surface area contributed by atoms with Crippen LogP contribution in [-0.4, -0.2) is 41.3 Å². The standard InChI is InChI=1S/C31H41NO9/c1-8-30(4,5)27(35)40-23-16-15-20(18-24(23)41-28(36)31(6,7)9-2)22(25(32)26(33)34)17-19(3)38-29(37)39-21-13-11-10-12-14-21/h10-16,18-19,22,25H,8-9,17,32H2,1-7H3,(H,33,34)/t19?,22?,25-/m0/s1. The summed E-state index contributed by atoms with van der Waals surface area (Å²) < 4.78 is 21.8. The number of carbonyl (C=O) groups excluding carboxylic acids is 3. The molecule has 2 unspecified atom stereocenters. The number of rotatable bonds is 13. The second-order valence-corrected chi connectivity index (χ2v) is 11.3. The number of benzene rings is 2. The van der Waals surface area contributed by atoms with Gasteiger partial charge in [0.25, 0.3) is 0 Å². The van der Waals surface area contributed by atoms with E-state index in [-0.39, 0.29) is 17.9 Å². The fraction of sp³-hybridized carbons (Fsp3) is 0.484. The normalized spacial score (nSPS) is 13.9. The number of carboxylic acid groups (broad SMARTS) is 1. The summed E-state index contributed by atoms with van der Waals surface area (Å²) in [7, 11) is 0. The topological polar surface area (TPSA) is 151 Å². The quantitative estimate of drug-likeness (QED) is 0.170. The molecule has 10 nitrogen and oxygen atoms in total. The van der Waals surface area contributed by atoms with Crippen molar-refractivity contribution >= 4 is 24.1 Å². The molecule has 0 saturated carbocycles. The Hall–Kier alpha value is -3.92. The third-order valence-electron chi connectivity index (χ3n) is 7.22. The van der Waals surface area contributed by atoms with E-state index < -0.39 is 53.0 Å². The number of hydrogen-bond acceptors (Lipinski definition) is 9. The summed E-state index contributed by atoms with van der Waals surface area (Å²) in [6, 6.07) is 11.4. The first-order chi connectivity index (χ1) is 19.1. The molecule has 224 valence electrons. The number of carboxylic acids is 1. The number of esters is 2. The van der Waals surface area contributed by atoms with Crippen LogP contribution < -0.4 is 19.9 Å². The SMILES string of the molecule is CCC(C)(C)C(=O)Oc1ccc(C(CC(C)OC(=O)Oc2ccccc2)[C@H](N)C(=O)O)cc1OC(=O)C(C)(C)CC. The number of nitrogens with two attached hydrogens (primary N) is 1. The lowest BCUT2D eigenvalue weighted by Crippen LogP contribution is -2.38. The third-order valence-corrected chi connectivity index (χ3v) is 7.22. The largest absolute Gasteiger partial charge is 0.514 e. The molecule has 10 heteroatoms. The molecular weight excluding hydrogens is 530 g/mol. The molecule has 2 aromatic rings. The van der Waals surface area contributed by atoms with Crippen LogP contribution in [0.4, 0.5) is 4.79 Å². The fourth-order valence-corrected chi connectivity index (χ4v) is 3.53. The van der Waals surface area contributed by atoms with Crippen molar-refractivity contribution in [2.45, 2.75) is 85.8 Å². The molecule has 0 bridgehead atoms. The second kappa shape index (κ2) is 14.1. The Balaban J connectivity index is 2.41. The molecule has 41 heavy (non-hydrogen) atoms. The van der Waals surface area contributed by atoms with Gasteiger partial charge in [-0.15, -0.1) is 0 Å². The lowest BCUT2D eigenvalue weighted by molar-refractivity contribution is -0.147.